The Labute approximate surface area is 119 Å². The third-order valence-corrected chi connectivity index (χ3v) is 4.31. The molecule has 0 radical (unpaired) electrons. The molecule has 0 saturated heterocycles. The van der Waals surface area contributed by atoms with E-state index in [-0.39, 0.29) is 11.5 Å². The van der Waals surface area contributed by atoms with Crippen LogP contribution >= 0.6 is 11.3 Å². The maximum absolute atomic E-state index is 14.4. The van der Waals surface area contributed by atoms with Gasteiger partial charge in [-0.25, -0.2) is 9.18 Å². The van der Waals surface area contributed by atoms with Crippen LogP contribution in [-0.2, 0) is 11.2 Å². The number of thiophene rings is 1. The smallest absolute Gasteiger partial charge is 0.351 e. The van der Waals surface area contributed by atoms with E-state index in [0.717, 1.165) is 17.0 Å². The summed E-state index contributed by atoms with van der Waals surface area (Å²) >= 11 is 1.11. The van der Waals surface area contributed by atoms with Crippen molar-refractivity contribution in [1.82, 2.24) is 4.98 Å². The van der Waals surface area contributed by atoms with E-state index >= 15 is 0 Å². The number of carbonyl (C=O) groups is 1. The topological polar surface area (TPSA) is 51.2 Å². The highest BCUT2D eigenvalue weighted by atomic mass is 32.1. The molecule has 6 heteroatoms. The number of halogens is 1. The van der Waals surface area contributed by atoms with E-state index in [0.29, 0.717) is 29.1 Å². The monoisotopic (exact) mass is 292 g/mol. The number of pyridine rings is 1. The molecule has 0 aliphatic carbocycles. The third-order valence-electron chi connectivity index (χ3n) is 3.12. The lowest BCUT2D eigenvalue weighted by atomic mass is 10.1. The maximum atomic E-state index is 14.4. The van der Waals surface area contributed by atoms with Crippen molar-refractivity contribution in [1.29, 1.82) is 0 Å². The van der Waals surface area contributed by atoms with Crippen molar-refractivity contribution in [2.75, 3.05) is 18.5 Å². The minimum atomic E-state index is -0.603. The van der Waals surface area contributed by atoms with Crippen molar-refractivity contribution in [3.05, 3.63) is 34.6 Å². The Morgan fingerprint density at radius 3 is 3.25 bits per heavy atom. The predicted octanol–water partition coefficient (Wildman–Crippen LogP) is 3.09. The fraction of sp³-hybridized carbons (Fsp3) is 0.286. The fourth-order valence-corrected chi connectivity index (χ4v) is 3.37. The van der Waals surface area contributed by atoms with E-state index in [1.165, 1.54) is 0 Å². The molecule has 2 aromatic rings. The summed E-state index contributed by atoms with van der Waals surface area (Å²) in [5.41, 5.74) is 2.10. The summed E-state index contributed by atoms with van der Waals surface area (Å²) < 4.78 is 19.3. The molecule has 20 heavy (non-hydrogen) atoms. The molecule has 0 amide bonds. The Kier molecular flexibility index (Phi) is 3.40. The number of carbonyl (C=O) groups excluding carboxylic acids is 1. The number of aromatic nitrogens is 1. The van der Waals surface area contributed by atoms with Crippen LogP contribution in [0, 0.1) is 5.82 Å². The molecule has 1 N–H and O–H groups in total. The predicted molar refractivity (Wildman–Crippen MR) is 75.7 cm³/mol. The van der Waals surface area contributed by atoms with Gasteiger partial charge in [0.1, 0.15) is 10.6 Å². The minimum Gasteiger partial charge on any atom is -0.462 e. The zero-order valence-corrected chi connectivity index (χ0v) is 11.7. The molecule has 0 fully saturated rings. The van der Waals surface area contributed by atoms with Gasteiger partial charge in [-0.2, -0.15) is 0 Å². The number of nitrogens with one attached hydrogen (secondary N) is 1. The maximum Gasteiger partial charge on any atom is 0.351 e. The summed E-state index contributed by atoms with van der Waals surface area (Å²) in [5.74, 6) is -1.07. The van der Waals surface area contributed by atoms with Crippen LogP contribution in [0.5, 0.6) is 0 Å². The van der Waals surface area contributed by atoms with Gasteiger partial charge in [-0.3, -0.25) is 4.98 Å². The first kappa shape index (κ1) is 13.1. The van der Waals surface area contributed by atoms with Crippen molar-refractivity contribution in [3.63, 3.8) is 0 Å². The van der Waals surface area contributed by atoms with Gasteiger partial charge in [-0.1, -0.05) is 0 Å². The number of rotatable bonds is 2. The summed E-state index contributed by atoms with van der Waals surface area (Å²) in [5, 5.41) is 3.22. The Morgan fingerprint density at radius 1 is 1.60 bits per heavy atom. The number of esters is 1. The molecule has 104 valence electrons. The Bertz CT molecular complexity index is 669. The first-order chi connectivity index (χ1) is 9.72. The van der Waals surface area contributed by atoms with Gasteiger partial charge < -0.3 is 10.1 Å². The highest BCUT2D eigenvalue weighted by Crippen LogP contribution is 2.40. The lowest BCUT2D eigenvalue weighted by Crippen LogP contribution is -2.06. The fourth-order valence-electron chi connectivity index (χ4n) is 2.24. The number of ether oxygens (including phenoxy) is 1. The largest absolute Gasteiger partial charge is 0.462 e. The van der Waals surface area contributed by atoms with E-state index in [4.69, 9.17) is 4.74 Å². The van der Waals surface area contributed by atoms with Crippen molar-refractivity contribution in [2.45, 2.75) is 13.3 Å². The lowest BCUT2D eigenvalue weighted by molar-refractivity contribution is 0.0527. The third kappa shape index (κ3) is 2.06. The molecular weight excluding hydrogens is 279 g/mol. The highest BCUT2D eigenvalue weighted by Gasteiger charge is 2.27. The van der Waals surface area contributed by atoms with Crippen LogP contribution in [0.3, 0.4) is 0 Å². The average Bonchev–Trinajstić information content (AvgIpc) is 2.67. The van der Waals surface area contributed by atoms with E-state index in [9.17, 15) is 9.18 Å². The van der Waals surface area contributed by atoms with E-state index in [2.05, 4.69) is 10.3 Å². The van der Waals surface area contributed by atoms with Gasteiger partial charge in [-0.05, 0) is 25.5 Å². The number of hydrogen-bond donors (Lipinski definition) is 1. The summed E-state index contributed by atoms with van der Waals surface area (Å²) in [6.07, 6.45) is 2.19. The molecule has 0 atom stereocenters. The molecule has 3 rings (SSSR count). The summed E-state index contributed by atoms with van der Waals surface area (Å²) in [4.78, 5) is 16.9. The number of nitrogens with zero attached hydrogens (tertiary/aromatic N) is 1. The Balaban J connectivity index is 2.14. The summed E-state index contributed by atoms with van der Waals surface area (Å²) in [6.45, 7) is 2.55. The van der Waals surface area contributed by atoms with Crippen LogP contribution in [0.15, 0.2) is 18.3 Å². The first-order valence-corrected chi connectivity index (χ1v) is 7.21. The molecule has 0 spiro atoms. The highest BCUT2D eigenvalue weighted by molar-refractivity contribution is 7.17. The second-order valence-corrected chi connectivity index (χ2v) is 5.37. The summed E-state index contributed by atoms with van der Waals surface area (Å²) in [7, 11) is 0. The zero-order valence-electron chi connectivity index (χ0n) is 10.9. The van der Waals surface area contributed by atoms with Crippen LogP contribution in [-0.4, -0.2) is 24.1 Å². The van der Waals surface area contributed by atoms with Gasteiger partial charge in [0.15, 0.2) is 5.82 Å². The molecule has 3 heterocycles. The normalized spacial score (nSPS) is 12.9. The molecule has 4 nitrogen and oxygen atoms in total. The molecule has 0 saturated carbocycles. The quantitative estimate of drug-likeness (QED) is 0.864. The number of anilines is 1. The number of hydrogen-bond acceptors (Lipinski definition) is 5. The molecule has 0 bridgehead atoms. The Hall–Kier alpha value is -1.95. The van der Waals surface area contributed by atoms with Crippen LogP contribution < -0.4 is 5.32 Å². The van der Waals surface area contributed by atoms with Crippen molar-refractivity contribution >= 4 is 23.0 Å². The van der Waals surface area contributed by atoms with Crippen LogP contribution in [0.2, 0.25) is 0 Å². The van der Waals surface area contributed by atoms with Gasteiger partial charge in [0.2, 0.25) is 0 Å². The van der Waals surface area contributed by atoms with Gasteiger partial charge in [0, 0.05) is 18.3 Å². The van der Waals surface area contributed by atoms with Crippen LogP contribution in [0.4, 0.5) is 10.1 Å². The zero-order chi connectivity index (χ0) is 14.1. The van der Waals surface area contributed by atoms with Gasteiger partial charge in [-0.15, -0.1) is 11.3 Å². The SMILES string of the molecule is CCOC(=O)c1sc2c(c1F)CCNc1cccnc1-2. The van der Waals surface area contributed by atoms with Crippen molar-refractivity contribution < 1.29 is 13.9 Å². The molecule has 0 unspecified atom stereocenters. The summed E-state index contributed by atoms with van der Waals surface area (Å²) in [6, 6.07) is 3.73. The van der Waals surface area contributed by atoms with Gasteiger partial charge in [0.25, 0.3) is 0 Å². The molecule has 1 aliphatic heterocycles. The first-order valence-electron chi connectivity index (χ1n) is 6.40. The van der Waals surface area contributed by atoms with Crippen molar-refractivity contribution in [2.24, 2.45) is 0 Å². The molecule has 0 aromatic carbocycles. The second-order valence-electron chi connectivity index (χ2n) is 4.35. The number of fused-ring (bicyclic) bond motifs is 3. The standard InChI is InChI=1S/C14H13FN2O2S/c1-2-19-14(18)13-10(15)8-5-7-16-9-4-3-6-17-11(9)12(8)20-13/h3-4,6,16H,2,5,7H2,1H3. The Morgan fingerprint density at radius 2 is 2.45 bits per heavy atom. The van der Waals surface area contributed by atoms with Crippen molar-refractivity contribution in [3.8, 4) is 10.6 Å². The van der Waals surface area contributed by atoms with E-state index in [1.807, 2.05) is 12.1 Å². The molecular formula is C14H13FN2O2S. The van der Waals surface area contributed by atoms with Gasteiger partial charge >= 0.3 is 5.97 Å². The van der Waals surface area contributed by atoms with Crippen LogP contribution in [0.1, 0.15) is 22.2 Å². The lowest BCUT2D eigenvalue weighted by Gasteiger charge is -2.05. The molecule has 1 aliphatic rings. The second kappa shape index (κ2) is 5.20. The average molecular weight is 292 g/mol. The molecule has 2 aromatic heterocycles. The van der Waals surface area contributed by atoms with E-state index < -0.39 is 11.8 Å². The van der Waals surface area contributed by atoms with Gasteiger partial charge in [0.05, 0.1) is 17.2 Å². The van der Waals surface area contributed by atoms with E-state index in [1.54, 1.807) is 13.1 Å². The van der Waals surface area contributed by atoms with Crippen LogP contribution in [0.25, 0.3) is 10.6 Å². The minimum absolute atomic E-state index is 0.0374.